The summed E-state index contributed by atoms with van der Waals surface area (Å²) in [6.45, 7) is 7.92. The molecule has 1 aliphatic heterocycles. The highest BCUT2D eigenvalue weighted by Crippen LogP contribution is 2.49. The lowest BCUT2D eigenvalue weighted by Gasteiger charge is -2.38. The number of hydrogen-bond donors (Lipinski definition) is 2. The van der Waals surface area contributed by atoms with E-state index in [0.29, 0.717) is 47.1 Å². The van der Waals surface area contributed by atoms with E-state index in [1.54, 1.807) is 55.5 Å². The molecule has 1 heterocycles. The zero-order valence-electron chi connectivity index (χ0n) is 22.7. The van der Waals surface area contributed by atoms with Crippen molar-refractivity contribution in [2.45, 2.75) is 46.5 Å². The van der Waals surface area contributed by atoms with Crippen molar-refractivity contribution in [3.05, 3.63) is 76.9 Å². The molecule has 1 atom stereocenters. The summed E-state index contributed by atoms with van der Waals surface area (Å²) in [4.78, 5) is 39.2. The number of allylic oxidation sites excluding steroid dienone is 2. The quantitative estimate of drug-likeness (QED) is 0.447. The molecule has 9 nitrogen and oxygen atoms in total. The van der Waals surface area contributed by atoms with Crippen molar-refractivity contribution in [2.75, 3.05) is 25.1 Å². The second kappa shape index (κ2) is 11.6. The summed E-state index contributed by atoms with van der Waals surface area (Å²) in [5.41, 5.74) is 7.45. The van der Waals surface area contributed by atoms with Crippen molar-refractivity contribution >= 4 is 23.3 Å². The van der Waals surface area contributed by atoms with Gasteiger partial charge in [0.1, 0.15) is 22.8 Å². The lowest BCUT2D eigenvalue weighted by molar-refractivity contribution is -0.139. The Morgan fingerprint density at radius 3 is 2.44 bits per heavy atom. The van der Waals surface area contributed by atoms with Gasteiger partial charge in [0, 0.05) is 29.7 Å². The number of ketones is 1. The van der Waals surface area contributed by atoms with Crippen molar-refractivity contribution in [2.24, 2.45) is 11.1 Å². The number of amides is 1. The molecule has 1 aliphatic carbocycles. The summed E-state index contributed by atoms with van der Waals surface area (Å²) < 4.78 is 22.5. The number of ether oxygens (including phenoxy) is 4. The van der Waals surface area contributed by atoms with Crippen molar-refractivity contribution in [1.82, 2.24) is 0 Å². The van der Waals surface area contributed by atoms with Crippen LogP contribution in [-0.4, -0.2) is 37.5 Å². The van der Waals surface area contributed by atoms with Gasteiger partial charge in [0.15, 0.2) is 12.4 Å². The van der Waals surface area contributed by atoms with E-state index in [4.69, 9.17) is 24.7 Å². The molecular formula is C30H34N2O7. The van der Waals surface area contributed by atoms with Gasteiger partial charge in [0.25, 0.3) is 5.91 Å². The first-order valence-electron chi connectivity index (χ1n) is 13.0. The van der Waals surface area contributed by atoms with E-state index in [2.05, 4.69) is 5.32 Å². The molecule has 0 bridgehead atoms. The molecular weight excluding hydrogens is 500 g/mol. The molecule has 1 unspecified atom stereocenters. The van der Waals surface area contributed by atoms with E-state index >= 15 is 0 Å². The SMILES string of the molecule is CCOC(=O)C1=C(N)OC2=C(C(=O)CC(C)(C)C2)C1c1ccccc1OCC(=O)Nc1ccc(OCC)cc1. The monoisotopic (exact) mass is 534 g/mol. The summed E-state index contributed by atoms with van der Waals surface area (Å²) in [6, 6.07) is 14.0. The highest BCUT2D eigenvalue weighted by atomic mass is 16.5. The number of benzene rings is 2. The minimum Gasteiger partial charge on any atom is -0.494 e. The predicted octanol–water partition coefficient (Wildman–Crippen LogP) is 4.59. The molecule has 0 aromatic heterocycles. The number of Topliss-reactive ketones (excluding diaryl/α,β-unsaturated/α-hetero) is 1. The lowest BCUT2D eigenvalue weighted by Crippen LogP contribution is -2.36. The second-order valence-corrected chi connectivity index (χ2v) is 10.1. The molecule has 2 aromatic rings. The number of anilines is 1. The number of nitrogens with two attached hydrogens (primary N) is 1. The van der Waals surface area contributed by atoms with Crippen LogP contribution < -0.4 is 20.5 Å². The summed E-state index contributed by atoms with van der Waals surface area (Å²) in [6.07, 6.45) is 0.768. The van der Waals surface area contributed by atoms with Crippen molar-refractivity contribution in [3.8, 4) is 11.5 Å². The second-order valence-electron chi connectivity index (χ2n) is 10.1. The van der Waals surface area contributed by atoms with Crippen LogP contribution in [0.2, 0.25) is 0 Å². The van der Waals surface area contributed by atoms with Crippen LogP contribution in [-0.2, 0) is 23.9 Å². The molecule has 0 saturated heterocycles. The van der Waals surface area contributed by atoms with Crippen LogP contribution in [0.5, 0.6) is 11.5 Å². The van der Waals surface area contributed by atoms with Gasteiger partial charge in [0.2, 0.25) is 5.88 Å². The first-order chi connectivity index (χ1) is 18.6. The zero-order chi connectivity index (χ0) is 28.2. The fourth-order valence-corrected chi connectivity index (χ4v) is 4.90. The number of rotatable bonds is 9. The van der Waals surface area contributed by atoms with Crippen molar-refractivity contribution in [3.63, 3.8) is 0 Å². The number of hydrogen-bond acceptors (Lipinski definition) is 8. The van der Waals surface area contributed by atoms with E-state index in [1.807, 2.05) is 20.8 Å². The molecule has 0 spiro atoms. The van der Waals surface area contributed by atoms with Crippen LogP contribution in [0.4, 0.5) is 5.69 Å². The molecule has 1 amide bonds. The van der Waals surface area contributed by atoms with Crippen molar-refractivity contribution in [1.29, 1.82) is 0 Å². The number of carbonyl (C=O) groups is 3. The molecule has 0 saturated carbocycles. The summed E-state index contributed by atoms with van der Waals surface area (Å²) in [7, 11) is 0. The van der Waals surface area contributed by atoms with Gasteiger partial charge >= 0.3 is 5.97 Å². The Hall–Kier alpha value is -4.27. The molecule has 4 rings (SSSR count). The van der Waals surface area contributed by atoms with E-state index < -0.39 is 11.9 Å². The fraction of sp³-hybridized carbons (Fsp3) is 0.367. The smallest absolute Gasteiger partial charge is 0.340 e. The zero-order valence-corrected chi connectivity index (χ0v) is 22.7. The van der Waals surface area contributed by atoms with E-state index in [9.17, 15) is 14.4 Å². The van der Waals surface area contributed by atoms with Gasteiger partial charge in [-0.25, -0.2) is 4.79 Å². The number of nitrogens with one attached hydrogen (secondary N) is 1. The average Bonchev–Trinajstić information content (AvgIpc) is 2.87. The highest BCUT2D eigenvalue weighted by molar-refractivity contribution is 6.04. The first-order valence-corrected chi connectivity index (χ1v) is 13.0. The Labute approximate surface area is 227 Å². The Morgan fingerprint density at radius 2 is 1.74 bits per heavy atom. The normalized spacial score (nSPS) is 18.2. The molecule has 2 aliphatic rings. The van der Waals surface area contributed by atoms with Gasteiger partial charge in [-0.2, -0.15) is 0 Å². The van der Waals surface area contributed by atoms with Crippen LogP contribution in [0.3, 0.4) is 0 Å². The Kier molecular flexibility index (Phi) is 8.28. The van der Waals surface area contributed by atoms with Crippen LogP contribution >= 0.6 is 0 Å². The average molecular weight is 535 g/mol. The molecule has 0 radical (unpaired) electrons. The van der Waals surface area contributed by atoms with Gasteiger partial charge in [-0.05, 0) is 49.6 Å². The van der Waals surface area contributed by atoms with Crippen molar-refractivity contribution < 1.29 is 33.3 Å². The molecule has 2 aromatic carbocycles. The standard InChI is InChI=1S/C30H34N2O7/c1-5-36-19-13-11-18(12-14-19)32-24(34)17-38-22-10-8-7-9-20(22)25-26-21(33)15-30(3,4)16-23(26)39-28(31)27(25)29(35)37-6-2/h7-14,25H,5-6,15-17,31H2,1-4H3,(H,32,34). The Balaban J connectivity index is 1.63. The number of carbonyl (C=O) groups excluding carboxylic acids is 3. The molecule has 9 heteroatoms. The van der Waals surface area contributed by atoms with Gasteiger partial charge in [-0.3, -0.25) is 9.59 Å². The molecule has 39 heavy (non-hydrogen) atoms. The predicted molar refractivity (Wildman–Crippen MR) is 145 cm³/mol. The first kappa shape index (κ1) is 27.8. The maximum atomic E-state index is 13.4. The third kappa shape index (κ3) is 6.25. The van der Waals surface area contributed by atoms with Crippen LogP contribution in [0.25, 0.3) is 0 Å². The topological polar surface area (TPSA) is 126 Å². The number of para-hydroxylation sites is 1. The van der Waals surface area contributed by atoms with Crippen LogP contribution in [0.15, 0.2) is 71.3 Å². The van der Waals surface area contributed by atoms with Gasteiger partial charge in [0.05, 0.1) is 19.1 Å². The molecule has 3 N–H and O–H groups in total. The minimum atomic E-state index is -0.859. The third-order valence-corrected chi connectivity index (χ3v) is 6.49. The minimum absolute atomic E-state index is 0.0403. The highest BCUT2D eigenvalue weighted by Gasteiger charge is 2.45. The van der Waals surface area contributed by atoms with Gasteiger partial charge in [-0.1, -0.05) is 32.0 Å². The Morgan fingerprint density at radius 1 is 1.03 bits per heavy atom. The van der Waals surface area contributed by atoms with E-state index in [0.717, 1.165) is 0 Å². The van der Waals surface area contributed by atoms with E-state index in [1.165, 1.54) is 0 Å². The fourth-order valence-electron chi connectivity index (χ4n) is 4.90. The van der Waals surface area contributed by atoms with E-state index in [-0.39, 0.29) is 48.2 Å². The lowest BCUT2D eigenvalue weighted by atomic mass is 9.70. The molecule has 0 fully saturated rings. The number of esters is 1. The summed E-state index contributed by atoms with van der Waals surface area (Å²) >= 11 is 0. The maximum Gasteiger partial charge on any atom is 0.340 e. The van der Waals surface area contributed by atoms with Crippen LogP contribution in [0, 0.1) is 5.41 Å². The summed E-state index contributed by atoms with van der Waals surface area (Å²) in [5, 5.41) is 2.79. The van der Waals surface area contributed by atoms with Gasteiger partial charge < -0.3 is 30.0 Å². The maximum absolute atomic E-state index is 13.4. The Bertz CT molecular complexity index is 1330. The molecule has 206 valence electrons. The van der Waals surface area contributed by atoms with Crippen LogP contribution in [0.1, 0.15) is 52.0 Å². The summed E-state index contributed by atoms with van der Waals surface area (Å²) in [5.74, 6) is -0.670. The van der Waals surface area contributed by atoms with Gasteiger partial charge in [-0.15, -0.1) is 0 Å². The largest absolute Gasteiger partial charge is 0.494 e. The third-order valence-electron chi connectivity index (χ3n) is 6.49.